The van der Waals surface area contributed by atoms with Crippen LogP contribution >= 0.6 is 11.3 Å². The molecule has 1 aromatic carbocycles. The van der Waals surface area contributed by atoms with Gasteiger partial charge in [0.15, 0.2) is 0 Å². The number of carboxylic acid groups (broad SMARTS) is 1. The van der Waals surface area contributed by atoms with Gasteiger partial charge >= 0.3 is 5.97 Å². The lowest BCUT2D eigenvalue weighted by molar-refractivity contribution is -0.313. The van der Waals surface area contributed by atoms with Crippen LogP contribution in [0, 0.1) is 25.7 Å². The van der Waals surface area contributed by atoms with E-state index < -0.39 is 23.8 Å². The number of aliphatic carboxylic acids is 1. The predicted octanol–water partition coefficient (Wildman–Crippen LogP) is 3.31. The standard InChI is InChI=1S/C22H25NO5S/c1-12-8-10-14(11-9-12)17-13(2)29-20(18(17)22(27)28-3)23-19(24)15-6-4-5-7-16(15)21(25)26/h8-11,15-16H,4-7H2,1-3H3,(H,23,24)(H,25,26)/p-1. The number of esters is 1. The minimum Gasteiger partial charge on any atom is -0.550 e. The maximum absolute atomic E-state index is 12.9. The van der Waals surface area contributed by atoms with Crippen LogP contribution in [0.4, 0.5) is 5.00 Å². The summed E-state index contributed by atoms with van der Waals surface area (Å²) in [6.45, 7) is 3.86. The van der Waals surface area contributed by atoms with Crippen LogP contribution in [0.25, 0.3) is 11.1 Å². The maximum atomic E-state index is 12.9. The lowest BCUT2D eigenvalue weighted by Gasteiger charge is -2.31. The van der Waals surface area contributed by atoms with E-state index in [9.17, 15) is 19.5 Å². The van der Waals surface area contributed by atoms with Crippen LogP contribution in [-0.2, 0) is 14.3 Å². The Hall–Kier alpha value is -2.67. The second-order valence-electron chi connectivity index (χ2n) is 7.40. The van der Waals surface area contributed by atoms with Crippen molar-refractivity contribution in [2.45, 2.75) is 39.5 Å². The third kappa shape index (κ3) is 4.34. The van der Waals surface area contributed by atoms with Gasteiger partial charge in [-0.25, -0.2) is 4.79 Å². The fourth-order valence-electron chi connectivity index (χ4n) is 3.93. The van der Waals surface area contributed by atoms with Crippen molar-refractivity contribution in [2.24, 2.45) is 11.8 Å². The van der Waals surface area contributed by atoms with E-state index in [2.05, 4.69) is 5.32 Å². The van der Waals surface area contributed by atoms with Crippen molar-refractivity contribution in [3.63, 3.8) is 0 Å². The highest BCUT2D eigenvalue weighted by Crippen LogP contribution is 2.41. The Morgan fingerprint density at radius 3 is 2.28 bits per heavy atom. The van der Waals surface area contributed by atoms with Gasteiger partial charge in [0.2, 0.25) is 5.91 Å². The fourth-order valence-corrected chi connectivity index (χ4v) is 5.00. The molecule has 0 saturated heterocycles. The summed E-state index contributed by atoms with van der Waals surface area (Å²) in [7, 11) is 1.30. The van der Waals surface area contributed by atoms with Crippen LogP contribution in [0.3, 0.4) is 0 Å². The summed E-state index contributed by atoms with van der Waals surface area (Å²) in [5.74, 6) is -3.59. The Bertz CT molecular complexity index is 931. The zero-order valence-electron chi connectivity index (χ0n) is 16.7. The summed E-state index contributed by atoms with van der Waals surface area (Å²) >= 11 is 1.29. The number of hydrogen-bond donors (Lipinski definition) is 1. The Balaban J connectivity index is 1.98. The molecule has 0 spiro atoms. The molecule has 1 amide bonds. The highest BCUT2D eigenvalue weighted by Gasteiger charge is 2.33. The molecule has 2 atom stereocenters. The number of methoxy groups -OCH3 is 1. The van der Waals surface area contributed by atoms with E-state index in [1.165, 1.54) is 18.4 Å². The molecule has 1 fully saturated rings. The van der Waals surface area contributed by atoms with E-state index in [1.54, 1.807) is 0 Å². The molecular weight excluding hydrogens is 390 g/mol. The molecule has 0 bridgehead atoms. The number of carbonyl (C=O) groups excluding carboxylic acids is 3. The zero-order valence-corrected chi connectivity index (χ0v) is 17.6. The van der Waals surface area contributed by atoms with Crippen molar-refractivity contribution in [1.82, 2.24) is 0 Å². The van der Waals surface area contributed by atoms with Gasteiger partial charge < -0.3 is 20.0 Å². The second kappa shape index (κ2) is 8.78. The van der Waals surface area contributed by atoms with Crippen LogP contribution in [0.15, 0.2) is 24.3 Å². The topological polar surface area (TPSA) is 95.5 Å². The normalized spacial score (nSPS) is 18.9. The van der Waals surface area contributed by atoms with Gasteiger partial charge in [-0.1, -0.05) is 42.7 Å². The minimum atomic E-state index is -1.19. The number of amides is 1. The van der Waals surface area contributed by atoms with Gasteiger partial charge in [-0.2, -0.15) is 0 Å². The van der Waals surface area contributed by atoms with E-state index >= 15 is 0 Å². The maximum Gasteiger partial charge on any atom is 0.341 e. The fraction of sp³-hybridized carbons (Fsp3) is 0.409. The molecule has 0 radical (unpaired) electrons. The number of aryl methyl sites for hydroxylation is 2. The summed E-state index contributed by atoms with van der Waals surface area (Å²) in [5, 5.41) is 14.6. The first kappa shape index (κ1) is 21.0. The van der Waals surface area contributed by atoms with Crippen molar-refractivity contribution in [3.05, 3.63) is 40.3 Å². The van der Waals surface area contributed by atoms with E-state index in [-0.39, 0.29) is 5.91 Å². The van der Waals surface area contributed by atoms with Gasteiger partial charge in [0.05, 0.1) is 7.11 Å². The number of thiophene rings is 1. The summed E-state index contributed by atoms with van der Waals surface area (Å²) in [5.41, 5.74) is 2.97. The van der Waals surface area contributed by atoms with Crippen LogP contribution in [-0.4, -0.2) is 25.0 Å². The molecule has 7 heteroatoms. The van der Waals surface area contributed by atoms with E-state index in [0.717, 1.165) is 34.4 Å². The Morgan fingerprint density at radius 2 is 1.69 bits per heavy atom. The number of carboxylic acids is 1. The van der Waals surface area contributed by atoms with Crippen LogP contribution in [0.1, 0.15) is 46.5 Å². The lowest BCUT2D eigenvalue weighted by atomic mass is 9.78. The Kier molecular flexibility index (Phi) is 6.37. The Morgan fingerprint density at radius 1 is 1.07 bits per heavy atom. The van der Waals surface area contributed by atoms with Crippen molar-refractivity contribution >= 4 is 34.2 Å². The van der Waals surface area contributed by atoms with Gasteiger partial charge in [0.1, 0.15) is 10.6 Å². The van der Waals surface area contributed by atoms with Gasteiger partial charge in [-0.3, -0.25) is 4.79 Å². The van der Waals surface area contributed by atoms with Crippen molar-refractivity contribution in [1.29, 1.82) is 0 Å². The highest BCUT2D eigenvalue weighted by molar-refractivity contribution is 7.17. The monoisotopic (exact) mass is 414 g/mol. The number of hydrogen-bond acceptors (Lipinski definition) is 6. The largest absolute Gasteiger partial charge is 0.550 e. The van der Waals surface area contributed by atoms with Gasteiger partial charge in [-0.15, -0.1) is 11.3 Å². The number of carbonyl (C=O) groups is 3. The summed E-state index contributed by atoms with van der Waals surface area (Å²) in [4.78, 5) is 37.8. The van der Waals surface area contributed by atoms with Gasteiger partial charge in [0, 0.05) is 28.2 Å². The number of ether oxygens (including phenoxy) is 1. The van der Waals surface area contributed by atoms with Crippen molar-refractivity contribution in [3.8, 4) is 11.1 Å². The zero-order chi connectivity index (χ0) is 21.1. The molecule has 154 valence electrons. The molecule has 3 rings (SSSR count). The molecular formula is C22H24NO5S-. The van der Waals surface area contributed by atoms with Gasteiger partial charge in [-0.05, 0) is 32.3 Å². The molecule has 0 aliphatic heterocycles. The second-order valence-corrected chi connectivity index (χ2v) is 8.63. The smallest absolute Gasteiger partial charge is 0.341 e. The summed E-state index contributed by atoms with van der Waals surface area (Å²) < 4.78 is 4.97. The van der Waals surface area contributed by atoms with Crippen molar-refractivity contribution < 1.29 is 24.2 Å². The molecule has 2 aromatic rings. The molecule has 1 saturated carbocycles. The first-order valence-electron chi connectivity index (χ1n) is 9.64. The molecule has 1 heterocycles. The average Bonchev–Trinajstić information content (AvgIpc) is 3.03. The van der Waals surface area contributed by atoms with E-state index in [0.29, 0.717) is 23.4 Å². The number of nitrogens with one attached hydrogen (secondary N) is 1. The third-order valence-electron chi connectivity index (χ3n) is 5.46. The molecule has 6 nitrogen and oxygen atoms in total. The summed E-state index contributed by atoms with van der Waals surface area (Å²) in [6.07, 6.45) is 2.49. The number of anilines is 1. The number of rotatable bonds is 5. The quantitative estimate of drug-likeness (QED) is 0.758. The van der Waals surface area contributed by atoms with Gasteiger partial charge in [0.25, 0.3) is 0 Å². The average molecular weight is 415 g/mol. The van der Waals surface area contributed by atoms with Crippen molar-refractivity contribution in [2.75, 3.05) is 12.4 Å². The number of benzene rings is 1. The highest BCUT2D eigenvalue weighted by atomic mass is 32.1. The first-order chi connectivity index (χ1) is 13.8. The van der Waals surface area contributed by atoms with Crippen LogP contribution < -0.4 is 10.4 Å². The van der Waals surface area contributed by atoms with Crippen LogP contribution in [0.5, 0.6) is 0 Å². The first-order valence-corrected chi connectivity index (χ1v) is 10.5. The van der Waals surface area contributed by atoms with Crippen LogP contribution in [0.2, 0.25) is 0 Å². The molecule has 1 aliphatic carbocycles. The molecule has 1 aliphatic rings. The molecule has 1 N–H and O–H groups in total. The SMILES string of the molecule is COC(=O)c1c(NC(=O)C2CCCCC2C(=O)[O-])sc(C)c1-c1ccc(C)cc1. The van der Waals surface area contributed by atoms with E-state index in [1.807, 2.05) is 38.1 Å². The Labute approximate surface area is 173 Å². The molecule has 29 heavy (non-hydrogen) atoms. The molecule has 2 unspecified atom stereocenters. The molecule has 1 aromatic heterocycles. The minimum absolute atomic E-state index is 0.299. The third-order valence-corrected chi connectivity index (χ3v) is 6.48. The predicted molar refractivity (Wildman–Crippen MR) is 110 cm³/mol. The van der Waals surface area contributed by atoms with E-state index in [4.69, 9.17) is 4.74 Å². The summed E-state index contributed by atoms with van der Waals surface area (Å²) in [6, 6.07) is 7.77. The lowest BCUT2D eigenvalue weighted by Crippen LogP contribution is -2.42.